The normalized spacial score (nSPS) is 13.5. The molecule has 6 heteroatoms. The molecule has 4 aromatic rings. The molecule has 0 spiro atoms. The van der Waals surface area contributed by atoms with Crippen LogP contribution in [-0.2, 0) is 12.8 Å². The molecule has 1 amide bonds. The smallest absolute Gasteiger partial charge is 0.251 e. The number of hydrogen-bond acceptors (Lipinski definition) is 4. The Kier molecular flexibility index (Phi) is 6.09. The third-order valence-corrected chi connectivity index (χ3v) is 6.92. The van der Waals surface area contributed by atoms with Crippen LogP contribution in [0.1, 0.15) is 48.2 Å². The first-order valence-corrected chi connectivity index (χ1v) is 12.1. The molecule has 2 aromatic heterocycles. The molecule has 1 aliphatic rings. The lowest BCUT2D eigenvalue weighted by atomic mass is 9.85. The van der Waals surface area contributed by atoms with Crippen LogP contribution in [0.5, 0.6) is 0 Å². The highest BCUT2D eigenvalue weighted by Crippen LogP contribution is 2.37. The Morgan fingerprint density at radius 2 is 1.79 bits per heavy atom. The van der Waals surface area contributed by atoms with Crippen molar-refractivity contribution in [3.63, 3.8) is 0 Å². The number of fused-ring (bicyclic) bond motifs is 5. The van der Waals surface area contributed by atoms with E-state index in [0.717, 1.165) is 60.2 Å². The lowest BCUT2D eigenvalue weighted by molar-refractivity contribution is 0.0949. The molecule has 0 fully saturated rings. The zero-order chi connectivity index (χ0) is 22.8. The van der Waals surface area contributed by atoms with Crippen LogP contribution in [0.3, 0.4) is 0 Å². The molecule has 2 aromatic carbocycles. The molecule has 33 heavy (non-hydrogen) atoms. The van der Waals surface area contributed by atoms with Crippen LogP contribution in [-0.4, -0.2) is 52.2 Å². The molecule has 0 radical (unpaired) electrons. The number of pyridine rings is 1. The lowest BCUT2D eigenvalue weighted by Crippen LogP contribution is -2.34. The predicted molar refractivity (Wildman–Crippen MR) is 134 cm³/mol. The minimum atomic E-state index is -0.0236. The topological polar surface area (TPSA) is 73.9 Å². The molecule has 0 saturated carbocycles. The van der Waals surface area contributed by atoms with Gasteiger partial charge in [0.05, 0.1) is 22.9 Å². The molecule has 0 unspecified atom stereocenters. The van der Waals surface area contributed by atoms with Crippen molar-refractivity contribution in [2.24, 2.45) is 0 Å². The number of hydrogen-bond donors (Lipinski definition) is 2. The average molecular weight is 442 g/mol. The summed E-state index contributed by atoms with van der Waals surface area (Å²) in [5.41, 5.74) is 7.63. The lowest BCUT2D eigenvalue weighted by Gasteiger charge is -2.22. The summed E-state index contributed by atoms with van der Waals surface area (Å²) in [5.74, 6) is -0.0236. The molecule has 2 N–H and O–H groups in total. The first-order valence-electron chi connectivity index (χ1n) is 12.1. The number of likely N-dealkylation sites (N-methyl/N-ethyl adjacent to an activating group) is 1. The summed E-state index contributed by atoms with van der Waals surface area (Å²) < 4.78 is 0. The second-order valence-corrected chi connectivity index (χ2v) is 8.78. The van der Waals surface area contributed by atoms with Crippen molar-refractivity contribution in [2.75, 3.05) is 26.2 Å². The highest BCUT2D eigenvalue weighted by Gasteiger charge is 2.21. The van der Waals surface area contributed by atoms with Gasteiger partial charge in [-0.15, -0.1) is 0 Å². The molecular formula is C27H31N5O. The highest BCUT2D eigenvalue weighted by atomic mass is 16.1. The maximum absolute atomic E-state index is 12.6. The zero-order valence-electron chi connectivity index (χ0n) is 19.4. The van der Waals surface area contributed by atoms with Crippen LogP contribution in [0, 0.1) is 0 Å². The third kappa shape index (κ3) is 4.11. The summed E-state index contributed by atoms with van der Waals surface area (Å²) in [6.45, 7) is 7.80. The molecule has 0 aliphatic heterocycles. The number of aromatic nitrogens is 3. The number of aryl methyl sites for hydroxylation is 1. The second kappa shape index (κ2) is 9.32. The fourth-order valence-electron chi connectivity index (χ4n) is 5.03. The van der Waals surface area contributed by atoms with Gasteiger partial charge in [-0.25, -0.2) is 4.98 Å². The number of nitrogens with one attached hydrogen (secondary N) is 2. The number of amides is 1. The van der Waals surface area contributed by atoms with Crippen molar-refractivity contribution in [3.05, 3.63) is 59.3 Å². The maximum Gasteiger partial charge on any atom is 0.251 e. The highest BCUT2D eigenvalue weighted by molar-refractivity contribution is 6.07. The zero-order valence-corrected chi connectivity index (χ0v) is 19.4. The number of aromatic amines is 1. The van der Waals surface area contributed by atoms with Gasteiger partial charge in [-0.2, -0.15) is 5.10 Å². The standard InChI is InChI=1S/C27H31N5O/c1-3-32(4-2)16-15-28-27(33)19-11-9-18(10-12-19)26-21-8-6-5-7-20(21)25-22-17-29-31-23(22)13-14-24(25)30-26/h9-14,17H,3-8,15-16H2,1-2H3,(H,28,33)(H,29,31). The first kappa shape index (κ1) is 21.6. The van der Waals surface area contributed by atoms with Crippen molar-refractivity contribution < 1.29 is 4.79 Å². The van der Waals surface area contributed by atoms with Gasteiger partial charge in [0.25, 0.3) is 5.91 Å². The summed E-state index contributed by atoms with van der Waals surface area (Å²) in [7, 11) is 0. The molecule has 0 bridgehead atoms. The molecule has 6 nitrogen and oxygen atoms in total. The summed E-state index contributed by atoms with van der Waals surface area (Å²) in [6.07, 6.45) is 6.41. The van der Waals surface area contributed by atoms with Gasteiger partial charge < -0.3 is 10.2 Å². The maximum atomic E-state index is 12.6. The SMILES string of the molecule is CCN(CC)CCNC(=O)c1ccc(-c2nc3ccc4[nH]ncc4c3c3c2CCCC3)cc1. The molecule has 0 atom stereocenters. The molecule has 2 heterocycles. The summed E-state index contributed by atoms with van der Waals surface area (Å²) in [6, 6.07) is 12.1. The van der Waals surface area contributed by atoms with E-state index >= 15 is 0 Å². The van der Waals surface area contributed by atoms with E-state index in [2.05, 4.69) is 46.4 Å². The Morgan fingerprint density at radius 1 is 1.03 bits per heavy atom. The van der Waals surface area contributed by atoms with Gasteiger partial charge in [-0.3, -0.25) is 9.89 Å². The largest absolute Gasteiger partial charge is 0.351 e. The van der Waals surface area contributed by atoms with Gasteiger partial charge in [-0.05, 0) is 74.2 Å². The summed E-state index contributed by atoms with van der Waals surface area (Å²) in [4.78, 5) is 20.0. The minimum absolute atomic E-state index is 0.0236. The number of rotatable bonds is 7. The molecule has 170 valence electrons. The molecule has 1 aliphatic carbocycles. The van der Waals surface area contributed by atoms with Crippen LogP contribution < -0.4 is 5.32 Å². The van der Waals surface area contributed by atoms with E-state index in [9.17, 15) is 4.79 Å². The summed E-state index contributed by atoms with van der Waals surface area (Å²) in [5, 5.41) is 12.8. The van der Waals surface area contributed by atoms with E-state index in [0.29, 0.717) is 12.1 Å². The van der Waals surface area contributed by atoms with Crippen molar-refractivity contribution in [1.29, 1.82) is 0 Å². The quantitative estimate of drug-likeness (QED) is 0.435. The van der Waals surface area contributed by atoms with E-state index < -0.39 is 0 Å². The van der Waals surface area contributed by atoms with Crippen LogP contribution in [0.15, 0.2) is 42.6 Å². The van der Waals surface area contributed by atoms with Gasteiger partial charge in [0.1, 0.15) is 0 Å². The molecule has 0 saturated heterocycles. The Bertz CT molecular complexity index is 1290. The fraction of sp³-hybridized carbons (Fsp3) is 0.370. The van der Waals surface area contributed by atoms with Gasteiger partial charge in [-0.1, -0.05) is 26.0 Å². The van der Waals surface area contributed by atoms with Gasteiger partial charge in [0.2, 0.25) is 0 Å². The number of benzene rings is 2. The minimum Gasteiger partial charge on any atom is -0.351 e. The van der Waals surface area contributed by atoms with Crippen molar-refractivity contribution >= 4 is 27.7 Å². The number of carbonyl (C=O) groups excluding carboxylic acids is 1. The monoisotopic (exact) mass is 441 g/mol. The van der Waals surface area contributed by atoms with Crippen molar-refractivity contribution in [1.82, 2.24) is 25.4 Å². The number of H-pyrrole nitrogens is 1. The van der Waals surface area contributed by atoms with Gasteiger partial charge in [0, 0.05) is 35.0 Å². The fourth-order valence-corrected chi connectivity index (χ4v) is 5.03. The molecule has 5 rings (SSSR count). The summed E-state index contributed by atoms with van der Waals surface area (Å²) >= 11 is 0. The first-order chi connectivity index (χ1) is 16.2. The average Bonchev–Trinajstić information content (AvgIpc) is 3.35. The van der Waals surface area contributed by atoms with E-state index in [4.69, 9.17) is 4.98 Å². The van der Waals surface area contributed by atoms with E-state index in [-0.39, 0.29) is 5.91 Å². The van der Waals surface area contributed by atoms with Crippen molar-refractivity contribution in [3.8, 4) is 11.3 Å². The molecular weight excluding hydrogens is 410 g/mol. The van der Waals surface area contributed by atoms with E-state index in [1.165, 1.54) is 29.4 Å². The predicted octanol–water partition coefficient (Wildman–Crippen LogP) is 4.73. The van der Waals surface area contributed by atoms with Crippen LogP contribution in [0.4, 0.5) is 0 Å². The van der Waals surface area contributed by atoms with Crippen LogP contribution >= 0.6 is 0 Å². The van der Waals surface area contributed by atoms with Gasteiger partial charge in [0.15, 0.2) is 0 Å². The number of nitrogens with zero attached hydrogens (tertiary/aromatic N) is 3. The third-order valence-electron chi connectivity index (χ3n) is 6.92. The van der Waals surface area contributed by atoms with Crippen LogP contribution in [0.25, 0.3) is 33.1 Å². The Morgan fingerprint density at radius 3 is 2.55 bits per heavy atom. The Balaban J connectivity index is 1.45. The number of carbonyl (C=O) groups is 1. The van der Waals surface area contributed by atoms with Crippen molar-refractivity contribution in [2.45, 2.75) is 39.5 Å². The van der Waals surface area contributed by atoms with Gasteiger partial charge >= 0.3 is 0 Å². The Hall–Kier alpha value is -3.25. The second-order valence-electron chi connectivity index (χ2n) is 8.78. The van der Waals surface area contributed by atoms with Crippen LogP contribution in [0.2, 0.25) is 0 Å². The Labute approximate surface area is 194 Å². The van der Waals surface area contributed by atoms with E-state index in [1.54, 1.807) is 0 Å². The van der Waals surface area contributed by atoms with E-state index in [1.807, 2.05) is 30.5 Å².